The Labute approximate surface area is 119 Å². The molecule has 1 aromatic heterocycles. The Balaban J connectivity index is 2.14. The van der Waals surface area contributed by atoms with Crippen LogP contribution in [-0.2, 0) is 16.6 Å². The highest BCUT2D eigenvalue weighted by atomic mass is 32.2. The van der Waals surface area contributed by atoms with E-state index in [0.717, 1.165) is 10.5 Å². The fourth-order valence-corrected chi connectivity index (χ4v) is 4.44. The van der Waals surface area contributed by atoms with E-state index in [0.29, 0.717) is 24.0 Å². The van der Waals surface area contributed by atoms with E-state index in [-0.39, 0.29) is 0 Å². The molecule has 0 aliphatic heterocycles. The summed E-state index contributed by atoms with van der Waals surface area (Å²) in [5.41, 5.74) is 0.832. The summed E-state index contributed by atoms with van der Waals surface area (Å²) in [7, 11) is -1.81. The number of hydrogen-bond donors (Lipinski definition) is 1. The maximum absolute atomic E-state index is 12.5. The van der Waals surface area contributed by atoms with E-state index in [9.17, 15) is 8.42 Å². The molecule has 1 aliphatic carbocycles. The fraction of sp³-hybridized carbons (Fsp3) is 0.538. The second kappa shape index (κ2) is 5.75. The third-order valence-electron chi connectivity index (χ3n) is 3.01. The molecule has 0 amide bonds. The minimum atomic E-state index is -3.41. The van der Waals surface area contributed by atoms with Gasteiger partial charge in [-0.05, 0) is 31.2 Å². The van der Waals surface area contributed by atoms with Gasteiger partial charge in [0.1, 0.15) is 0 Å². The van der Waals surface area contributed by atoms with Crippen LogP contribution in [0.1, 0.15) is 24.6 Å². The summed E-state index contributed by atoms with van der Waals surface area (Å²) in [6.45, 7) is 6.58. The number of likely N-dealkylation sites (N-methyl/N-ethyl adjacent to an activating group) is 1. The quantitative estimate of drug-likeness (QED) is 0.785. The Bertz CT molecular complexity index is 559. The third kappa shape index (κ3) is 3.66. The van der Waals surface area contributed by atoms with Crippen LogP contribution in [0.5, 0.6) is 0 Å². The van der Waals surface area contributed by atoms with Gasteiger partial charge in [0.25, 0.3) is 0 Å². The lowest BCUT2D eigenvalue weighted by Gasteiger charge is -2.17. The zero-order valence-electron chi connectivity index (χ0n) is 11.3. The zero-order chi connectivity index (χ0) is 14.0. The van der Waals surface area contributed by atoms with Crippen LogP contribution in [0.15, 0.2) is 28.5 Å². The molecule has 0 aromatic carbocycles. The normalized spacial score (nSPS) is 15.9. The number of nitrogens with one attached hydrogen (secondary N) is 1. The molecule has 0 bridgehead atoms. The first-order valence-corrected chi connectivity index (χ1v) is 8.63. The first-order chi connectivity index (χ1) is 8.91. The van der Waals surface area contributed by atoms with Crippen molar-refractivity contribution in [2.24, 2.45) is 0 Å². The summed E-state index contributed by atoms with van der Waals surface area (Å²) < 4.78 is 26.3. The molecule has 1 aromatic rings. The van der Waals surface area contributed by atoms with Gasteiger partial charge in [0, 0.05) is 31.1 Å². The van der Waals surface area contributed by atoms with Crippen LogP contribution < -0.4 is 5.32 Å². The van der Waals surface area contributed by atoms with Gasteiger partial charge in [0.15, 0.2) is 0 Å². The van der Waals surface area contributed by atoms with Crippen LogP contribution in [0.3, 0.4) is 0 Å². The highest BCUT2D eigenvalue weighted by Gasteiger charge is 2.26. The number of hydrogen-bond acceptors (Lipinski definition) is 4. The molecule has 106 valence electrons. The molecule has 0 saturated heterocycles. The van der Waals surface area contributed by atoms with Gasteiger partial charge in [0.2, 0.25) is 10.0 Å². The first-order valence-electron chi connectivity index (χ1n) is 6.31. The van der Waals surface area contributed by atoms with Gasteiger partial charge in [-0.15, -0.1) is 11.3 Å². The predicted molar refractivity (Wildman–Crippen MR) is 78.8 cm³/mol. The Hall–Kier alpha value is -0.690. The molecule has 0 spiro atoms. The summed E-state index contributed by atoms with van der Waals surface area (Å²) in [4.78, 5) is 1.31. The molecule has 1 N–H and O–H groups in total. The zero-order valence-corrected chi connectivity index (χ0v) is 13.0. The van der Waals surface area contributed by atoms with E-state index in [1.54, 1.807) is 13.1 Å². The smallest absolute Gasteiger partial charge is 0.244 e. The molecule has 1 aliphatic rings. The largest absolute Gasteiger partial charge is 0.309 e. The van der Waals surface area contributed by atoms with Crippen molar-refractivity contribution >= 4 is 21.4 Å². The molecule has 19 heavy (non-hydrogen) atoms. The Kier molecular flexibility index (Phi) is 4.45. The molecule has 4 nitrogen and oxygen atoms in total. The van der Waals surface area contributed by atoms with E-state index in [1.807, 2.05) is 12.3 Å². The summed E-state index contributed by atoms with van der Waals surface area (Å²) in [5.74, 6) is 0. The number of rotatable bonds is 7. The van der Waals surface area contributed by atoms with Gasteiger partial charge >= 0.3 is 0 Å². The second-order valence-corrected chi connectivity index (χ2v) is 8.10. The summed E-state index contributed by atoms with van der Waals surface area (Å²) in [5, 5.41) is 5.20. The van der Waals surface area contributed by atoms with Crippen molar-refractivity contribution in [1.29, 1.82) is 0 Å². The predicted octanol–water partition coefficient (Wildman–Crippen LogP) is 2.20. The SMILES string of the molecule is C=C(C)CN(C)S(=O)(=O)c1ccsc1CNC1CC1. The average molecular weight is 300 g/mol. The van der Waals surface area contributed by atoms with Crippen molar-refractivity contribution in [3.8, 4) is 0 Å². The maximum Gasteiger partial charge on any atom is 0.244 e. The van der Waals surface area contributed by atoms with Crippen molar-refractivity contribution in [1.82, 2.24) is 9.62 Å². The van der Waals surface area contributed by atoms with Crippen molar-refractivity contribution in [2.75, 3.05) is 13.6 Å². The molecular weight excluding hydrogens is 280 g/mol. The van der Waals surface area contributed by atoms with E-state index >= 15 is 0 Å². The van der Waals surface area contributed by atoms with Crippen LogP contribution in [-0.4, -0.2) is 32.4 Å². The van der Waals surface area contributed by atoms with Crippen molar-refractivity contribution in [3.63, 3.8) is 0 Å². The topological polar surface area (TPSA) is 49.4 Å². The summed E-state index contributed by atoms with van der Waals surface area (Å²) in [6.07, 6.45) is 2.39. The molecule has 1 saturated carbocycles. The van der Waals surface area contributed by atoms with Gasteiger partial charge < -0.3 is 5.32 Å². The van der Waals surface area contributed by atoms with Crippen molar-refractivity contribution < 1.29 is 8.42 Å². The highest BCUT2D eigenvalue weighted by molar-refractivity contribution is 7.89. The van der Waals surface area contributed by atoms with E-state index in [2.05, 4.69) is 11.9 Å². The lowest BCUT2D eigenvalue weighted by Crippen LogP contribution is -2.29. The van der Waals surface area contributed by atoms with Crippen LogP contribution in [0.2, 0.25) is 0 Å². The highest BCUT2D eigenvalue weighted by Crippen LogP contribution is 2.26. The van der Waals surface area contributed by atoms with E-state index in [4.69, 9.17) is 0 Å². The molecule has 2 rings (SSSR count). The molecule has 1 fully saturated rings. The van der Waals surface area contributed by atoms with Gasteiger partial charge in [-0.3, -0.25) is 0 Å². The van der Waals surface area contributed by atoms with Crippen LogP contribution in [0.4, 0.5) is 0 Å². The molecule has 6 heteroatoms. The third-order valence-corrected chi connectivity index (χ3v) is 5.95. The second-order valence-electron chi connectivity index (χ2n) is 5.08. The summed E-state index contributed by atoms with van der Waals surface area (Å²) >= 11 is 1.49. The van der Waals surface area contributed by atoms with E-state index < -0.39 is 10.0 Å². The van der Waals surface area contributed by atoms with Crippen LogP contribution in [0, 0.1) is 0 Å². The minimum absolute atomic E-state index is 0.355. The van der Waals surface area contributed by atoms with Gasteiger partial charge in [-0.1, -0.05) is 12.2 Å². The van der Waals surface area contributed by atoms with Gasteiger partial charge in [-0.25, -0.2) is 8.42 Å². The molecular formula is C13H20N2O2S2. The van der Waals surface area contributed by atoms with Gasteiger partial charge in [0.05, 0.1) is 4.90 Å². The van der Waals surface area contributed by atoms with Crippen molar-refractivity contribution in [2.45, 2.75) is 37.2 Å². The summed E-state index contributed by atoms with van der Waals surface area (Å²) in [6, 6.07) is 2.27. The first kappa shape index (κ1) is 14.7. The maximum atomic E-state index is 12.5. The number of nitrogens with zero attached hydrogens (tertiary/aromatic N) is 1. The minimum Gasteiger partial charge on any atom is -0.309 e. The molecule has 1 heterocycles. The standard InChI is InChI=1S/C13H20N2O2S2/c1-10(2)9-15(3)19(16,17)13-6-7-18-12(13)8-14-11-4-5-11/h6-7,11,14H,1,4-5,8-9H2,2-3H3. The molecule has 0 unspecified atom stereocenters. The fourth-order valence-electron chi connectivity index (χ4n) is 1.85. The number of thiophene rings is 1. The Morgan fingerprint density at radius 1 is 1.58 bits per heavy atom. The Morgan fingerprint density at radius 2 is 2.26 bits per heavy atom. The average Bonchev–Trinajstić information content (AvgIpc) is 3.02. The molecule has 0 radical (unpaired) electrons. The lowest BCUT2D eigenvalue weighted by molar-refractivity contribution is 0.492. The Morgan fingerprint density at radius 3 is 2.84 bits per heavy atom. The molecule has 0 atom stereocenters. The number of sulfonamides is 1. The lowest BCUT2D eigenvalue weighted by atomic mass is 10.4. The monoisotopic (exact) mass is 300 g/mol. The van der Waals surface area contributed by atoms with Gasteiger partial charge in [-0.2, -0.15) is 4.31 Å². The van der Waals surface area contributed by atoms with Crippen LogP contribution in [0.25, 0.3) is 0 Å². The van der Waals surface area contributed by atoms with E-state index in [1.165, 1.54) is 28.5 Å². The van der Waals surface area contributed by atoms with Crippen LogP contribution >= 0.6 is 11.3 Å². The van der Waals surface area contributed by atoms with Crippen molar-refractivity contribution in [3.05, 3.63) is 28.5 Å².